The normalized spacial score (nSPS) is 28.4. The Hall–Kier alpha value is -1.51. The van der Waals surface area contributed by atoms with E-state index in [0.717, 1.165) is 23.1 Å². The first-order valence-electron chi connectivity index (χ1n) is 8.13. The summed E-state index contributed by atoms with van der Waals surface area (Å²) in [5, 5.41) is 3.22. The molecule has 1 aromatic rings. The molecule has 2 fully saturated rings. The third kappa shape index (κ3) is 2.92. The van der Waals surface area contributed by atoms with Crippen LogP contribution in [0, 0.1) is 17.8 Å². The van der Waals surface area contributed by atoms with E-state index in [9.17, 15) is 4.79 Å². The molecular formula is C18H26N2O. The molecule has 2 saturated carbocycles. The van der Waals surface area contributed by atoms with Crippen LogP contribution < -0.4 is 10.2 Å². The number of carbonyl (C=O) groups is 1. The lowest BCUT2D eigenvalue weighted by atomic mass is 9.84. The van der Waals surface area contributed by atoms with E-state index in [2.05, 4.69) is 12.2 Å². The monoisotopic (exact) mass is 286 g/mol. The van der Waals surface area contributed by atoms with Gasteiger partial charge in [0, 0.05) is 31.4 Å². The molecule has 0 radical (unpaired) electrons. The first-order chi connectivity index (χ1) is 10.0. The highest BCUT2D eigenvalue weighted by Gasteiger charge is 2.42. The molecule has 0 saturated heterocycles. The van der Waals surface area contributed by atoms with Crippen molar-refractivity contribution in [2.75, 3.05) is 19.0 Å². The topological polar surface area (TPSA) is 32.3 Å². The Balaban J connectivity index is 1.60. The fourth-order valence-electron chi connectivity index (χ4n) is 4.21. The zero-order chi connectivity index (χ0) is 15.0. The molecule has 2 bridgehead atoms. The number of nitrogens with one attached hydrogen (secondary N) is 1. The van der Waals surface area contributed by atoms with Gasteiger partial charge in [0.05, 0.1) is 0 Å². The molecule has 0 spiro atoms. The van der Waals surface area contributed by atoms with Gasteiger partial charge < -0.3 is 10.2 Å². The van der Waals surface area contributed by atoms with Crippen molar-refractivity contribution >= 4 is 11.6 Å². The summed E-state index contributed by atoms with van der Waals surface area (Å²) in [5.74, 6) is 2.53. The second kappa shape index (κ2) is 5.70. The number of amides is 1. The van der Waals surface area contributed by atoms with Crippen molar-refractivity contribution in [2.24, 2.45) is 17.8 Å². The Labute approximate surface area is 127 Å². The van der Waals surface area contributed by atoms with Crippen LogP contribution in [0.2, 0.25) is 0 Å². The minimum absolute atomic E-state index is 0.0654. The standard InChI is InChI=1S/C18H26N2O/c1-12(17-11-13-4-5-15(17)10-13)19-18(21)14-6-8-16(9-7-14)20(2)3/h6-9,12-13,15,17H,4-5,10-11H2,1-3H3,(H,19,21)/t12-,13+,15+,17+/m1/s1. The molecule has 1 aromatic carbocycles. The van der Waals surface area contributed by atoms with E-state index in [0.29, 0.717) is 12.0 Å². The van der Waals surface area contributed by atoms with E-state index in [1.54, 1.807) is 0 Å². The second-order valence-electron chi connectivity index (χ2n) is 7.04. The maximum atomic E-state index is 12.4. The van der Waals surface area contributed by atoms with E-state index in [1.807, 2.05) is 43.3 Å². The van der Waals surface area contributed by atoms with Crippen LogP contribution in [0.1, 0.15) is 43.0 Å². The van der Waals surface area contributed by atoms with E-state index in [-0.39, 0.29) is 5.91 Å². The summed E-state index contributed by atoms with van der Waals surface area (Å²) in [5.41, 5.74) is 1.88. The molecule has 114 valence electrons. The fraction of sp³-hybridized carbons (Fsp3) is 0.611. The predicted molar refractivity (Wildman–Crippen MR) is 86.6 cm³/mol. The van der Waals surface area contributed by atoms with Gasteiger partial charge in [-0.3, -0.25) is 4.79 Å². The third-order valence-corrected chi connectivity index (χ3v) is 5.44. The number of rotatable bonds is 4. The molecule has 3 nitrogen and oxygen atoms in total. The summed E-state index contributed by atoms with van der Waals surface area (Å²) < 4.78 is 0. The molecule has 1 N–H and O–H groups in total. The number of carbonyl (C=O) groups excluding carboxylic acids is 1. The lowest BCUT2D eigenvalue weighted by Gasteiger charge is -2.28. The van der Waals surface area contributed by atoms with Gasteiger partial charge >= 0.3 is 0 Å². The number of hydrogen-bond donors (Lipinski definition) is 1. The quantitative estimate of drug-likeness (QED) is 0.921. The molecule has 2 aliphatic carbocycles. The van der Waals surface area contributed by atoms with Gasteiger partial charge in [-0.05, 0) is 68.2 Å². The average molecular weight is 286 g/mol. The summed E-state index contributed by atoms with van der Waals surface area (Å²) in [4.78, 5) is 14.4. The van der Waals surface area contributed by atoms with Crippen molar-refractivity contribution in [2.45, 2.75) is 38.6 Å². The molecule has 4 atom stereocenters. The SMILES string of the molecule is C[C@@H](NC(=O)c1ccc(N(C)C)cc1)[C@@H]1C[C@H]2CC[C@H]1C2. The minimum atomic E-state index is 0.0654. The van der Waals surface area contributed by atoms with Gasteiger partial charge in [0.15, 0.2) is 0 Å². The largest absolute Gasteiger partial charge is 0.378 e. The van der Waals surface area contributed by atoms with Crippen LogP contribution in [0.5, 0.6) is 0 Å². The fourth-order valence-corrected chi connectivity index (χ4v) is 4.21. The zero-order valence-corrected chi connectivity index (χ0v) is 13.3. The van der Waals surface area contributed by atoms with Crippen LogP contribution >= 0.6 is 0 Å². The first kappa shape index (κ1) is 14.4. The Morgan fingerprint density at radius 3 is 2.43 bits per heavy atom. The van der Waals surface area contributed by atoms with Crippen LogP contribution in [0.4, 0.5) is 5.69 Å². The van der Waals surface area contributed by atoms with Crippen LogP contribution in [-0.4, -0.2) is 26.0 Å². The molecule has 3 rings (SSSR count). The highest BCUT2D eigenvalue weighted by molar-refractivity contribution is 5.94. The van der Waals surface area contributed by atoms with Crippen molar-refractivity contribution in [3.63, 3.8) is 0 Å². The Bertz CT molecular complexity index is 508. The molecule has 21 heavy (non-hydrogen) atoms. The molecule has 3 heteroatoms. The average Bonchev–Trinajstić information content (AvgIpc) is 3.10. The summed E-state index contributed by atoms with van der Waals surface area (Å²) in [6.07, 6.45) is 5.48. The first-order valence-corrected chi connectivity index (χ1v) is 8.13. The van der Waals surface area contributed by atoms with Crippen molar-refractivity contribution < 1.29 is 4.79 Å². The summed E-state index contributed by atoms with van der Waals surface area (Å²) in [7, 11) is 4.01. The van der Waals surface area contributed by atoms with Crippen LogP contribution in [0.3, 0.4) is 0 Å². The van der Waals surface area contributed by atoms with Gasteiger partial charge in [0.1, 0.15) is 0 Å². The molecule has 0 unspecified atom stereocenters. The molecule has 1 amide bonds. The van der Waals surface area contributed by atoms with E-state index < -0.39 is 0 Å². The second-order valence-corrected chi connectivity index (χ2v) is 7.04. The summed E-state index contributed by atoms with van der Waals surface area (Å²) in [6, 6.07) is 8.12. The van der Waals surface area contributed by atoms with Crippen LogP contribution in [-0.2, 0) is 0 Å². The van der Waals surface area contributed by atoms with Crippen molar-refractivity contribution in [1.82, 2.24) is 5.32 Å². The Morgan fingerprint density at radius 2 is 1.90 bits per heavy atom. The Kier molecular flexibility index (Phi) is 3.92. The van der Waals surface area contributed by atoms with E-state index in [1.165, 1.54) is 25.7 Å². The zero-order valence-electron chi connectivity index (χ0n) is 13.3. The summed E-state index contributed by atoms with van der Waals surface area (Å²) >= 11 is 0. The van der Waals surface area contributed by atoms with Crippen LogP contribution in [0.15, 0.2) is 24.3 Å². The smallest absolute Gasteiger partial charge is 0.251 e. The maximum Gasteiger partial charge on any atom is 0.251 e. The summed E-state index contributed by atoms with van der Waals surface area (Å²) in [6.45, 7) is 2.18. The molecule has 0 heterocycles. The van der Waals surface area contributed by atoms with Crippen LogP contribution in [0.25, 0.3) is 0 Å². The number of anilines is 1. The lowest BCUT2D eigenvalue weighted by molar-refractivity contribution is 0.0915. The Morgan fingerprint density at radius 1 is 1.19 bits per heavy atom. The molecule has 2 aliphatic rings. The van der Waals surface area contributed by atoms with Gasteiger partial charge in [0.2, 0.25) is 0 Å². The van der Waals surface area contributed by atoms with Gasteiger partial charge in [-0.2, -0.15) is 0 Å². The highest BCUT2D eigenvalue weighted by atomic mass is 16.1. The predicted octanol–water partition coefficient (Wildman–Crippen LogP) is 3.31. The van der Waals surface area contributed by atoms with Gasteiger partial charge in [-0.15, -0.1) is 0 Å². The molecule has 0 aromatic heterocycles. The molecular weight excluding hydrogens is 260 g/mol. The number of fused-ring (bicyclic) bond motifs is 2. The van der Waals surface area contributed by atoms with Gasteiger partial charge in [0.25, 0.3) is 5.91 Å². The van der Waals surface area contributed by atoms with Gasteiger partial charge in [-0.1, -0.05) is 6.42 Å². The highest BCUT2D eigenvalue weighted by Crippen LogP contribution is 2.49. The number of benzene rings is 1. The van der Waals surface area contributed by atoms with Crippen molar-refractivity contribution in [3.8, 4) is 0 Å². The van der Waals surface area contributed by atoms with Crippen molar-refractivity contribution in [1.29, 1.82) is 0 Å². The minimum Gasteiger partial charge on any atom is -0.378 e. The molecule has 0 aliphatic heterocycles. The number of hydrogen-bond acceptors (Lipinski definition) is 2. The van der Waals surface area contributed by atoms with E-state index >= 15 is 0 Å². The lowest BCUT2D eigenvalue weighted by Crippen LogP contribution is -2.40. The maximum absolute atomic E-state index is 12.4. The number of nitrogens with zero attached hydrogens (tertiary/aromatic N) is 1. The third-order valence-electron chi connectivity index (χ3n) is 5.44. The van der Waals surface area contributed by atoms with Gasteiger partial charge in [-0.25, -0.2) is 0 Å². The van der Waals surface area contributed by atoms with E-state index in [4.69, 9.17) is 0 Å². The van der Waals surface area contributed by atoms with Crippen molar-refractivity contribution in [3.05, 3.63) is 29.8 Å².